The van der Waals surface area contributed by atoms with E-state index in [1.54, 1.807) is 0 Å². The molecule has 72 valence electrons. The van der Waals surface area contributed by atoms with Gasteiger partial charge >= 0.3 is 0 Å². The highest BCUT2D eigenvalue weighted by molar-refractivity contribution is 6.18. The number of carbonyl (C=O) groups excluding carboxylic acids is 1. The molecule has 0 saturated heterocycles. The smallest absolute Gasteiger partial charge is 0.221 e. The largest absolute Gasteiger partial charge is 0.394 e. The van der Waals surface area contributed by atoms with Crippen LogP contribution in [0.4, 0.5) is 0 Å². The van der Waals surface area contributed by atoms with Gasteiger partial charge in [0.25, 0.3) is 0 Å². The van der Waals surface area contributed by atoms with E-state index < -0.39 is 0 Å². The van der Waals surface area contributed by atoms with Gasteiger partial charge in [0.1, 0.15) is 0 Å². The standard InChI is InChI=1S/C7H14ClNO3/c1-12-5-6(4-10)9-7(11)2-3-8/h6,10H,2-5H2,1H3,(H,9,11). The van der Waals surface area contributed by atoms with Crippen molar-refractivity contribution >= 4 is 17.5 Å². The highest BCUT2D eigenvalue weighted by Crippen LogP contribution is 1.88. The average Bonchev–Trinajstić information content (AvgIpc) is 2.04. The first-order valence-electron chi connectivity index (χ1n) is 3.69. The number of nitrogens with one attached hydrogen (secondary N) is 1. The zero-order chi connectivity index (χ0) is 9.40. The van der Waals surface area contributed by atoms with Gasteiger partial charge in [0.2, 0.25) is 5.91 Å². The number of ether oxygens (including phenoxy) is 1. The summed E-state index contributed by atoms with van der Waals surface area (Å²) >= 11 is 5.35. The van der Waals surface area contributed by atoms with Crippen LogP contribution in [0.5, 0.6) is 0 Å². The number of hydrogen-bond acceptors (Lipinski definition) is 3. The highest BCUT2D eigenvalue weighted by Gasteiger charge is 2.09. The zero-order valence-corrected chi connectivity index (χ0v) is 7.80. The van der Waals surface area contributed by atoms with E-state index in [9.17, 15) is 4.79 Å². The number of methoxy groups -OCH3 is 1. The molecule has 4 nitrogen and oxygen atoms in total. The minimum Gasteiger partial charge on any atom is -0.394 e. The number of halogens is 1. The molecule has 0 rings (SSSR count). The molecule has 1 amide bonds. The first-order chi connectivity index (χ1) is 5.74. The van der Waals surface area contributed by atoms with Gasteiger partial charge in [0.15, 0.2) is 0 Å². The van der Waals surface area contributed by atoms with Crippen molar-refractivity contribution < 1.29 is 14.6 Å². The molecule has 0 radical (unpaired) electrons. The normalized spacial score (nSPS) is 12.6. The second-order valence-electron chi connectivity index (χ2n) is 2.34. The molecule has 0 aromatic heterocycles. The first-order valence-corrected chi connectivity index (χ1v) is 4.23. The molecular weight excluding hydrogens is 182 g/mol. The van der Waals surface area contributed by atoms with Crippen LogP contribution >= 0.6 is 11.6 Å². The maximum Gasteiger partial charge on any atom is 0.221 e. The number of alkyl halides is 1. The Hall–Kier alpha value is -0.320. The van der Waals surface area contributed by atoms with Crippen LogP contribution < -0.4 is 5.32 Å². The van der Waals surface area contributed by atoms with Crippen molar-refractivity contribution in [1.29, 1.82) is 0 Å². The van der Waals surface area contributed by atoms with Gasteiger partial charge in [0.05, 0.1) is 19.3 Å². The van der Waals surface area contributed by atoms with Crippen molar-refractivity contribution in [3.63, 3.8) is 0 Å². The molecular formula is C7H14ClNO3. The number of carbonyl (C=O) groups is 1. The van der Waals surface area contributed by atoms with Crippen LogP contribution in [0, 0.1) is 0 Å². The molecule has 0 aliphatic carbocycles. The average molecular weight is 196 g/mol. The predicted molar refractivity (Wildman–Crippen MR) is 46.2 cm³/mol. The van der Waals surface area contributed by atoms with E-state index in [2.05, 4.69) is 5.32 Å². The monoisotopic (exact) mass is 195 g/mol. The Morgan fingerprint density at radius 2 is 2.42 bits per heavy atom. The Labute approximate surface area is 76.9 Å². The summed E-state index contributed by atoms with van der Waals surface area (Å²) in [4.78, 5) is 10.9. The van der Waals surface area contributed by atoms with E-state index in [1.165, 1.54) is 7.11 Å². The second kappa shape index (κ2) is 7.34. The van der Waals surface area contributed by atoms with Crippen molar-refractivity contribution in [3.05, 3.63) is 0 Å². The fourth-order valence-corrected chi connectivity index (χ4v) is 0.899. The number of aliphatic hydroxyl groups is 1. The predicted octanol–water partition coefficient (Wildman–Crippen LogP) is -0.261. The van der Waals surface area contributed by atoms with Crippen molar-refractivity contribution in [1.82, 2.24) is 5.32 Å². The van der Waals surface area contributed by atoms with Crippen molar-refractivity contribution in [3.8, 4) is 0 Å². The van der Waals surface area contributed by atoms with Crippen LogP contribution in [0.1, 0.15) is 6.42 Å². The third-order valence-corrected chi connectivity index (χ3v) is 1.46. The molecule has 0 fully saturated rings. The van der Waals surface area contributed by atoms with Gasteiger partial charge in [-0.1, -0.05) is 0 Å². The molecule has 0 aliphatic heterocycles. The lowest BCUT2D eigenvalue weighted by Crippen LogP contribution is -2.40. The fraction of sp³-hybridized carbons (Fsp3) is 0.857. The SMILES string of the molecule is COCC(CO)NC(=O)CCCl. The summed E-state index contributed by atoms with van der Waals surface area (Å²) in [6.07, 6.45) is 0.266. The van der Waals surface area contributed by atoms with Crippen LogP contribution in [0.3, 0.4) is 0 Å². The van der Waals surface area contributed by atoms with Gasteiger partial charge in [-0.2, -0.15) is 0 Å². The third kappa shape index (κ3) is 5.35. The molecule has 1 atom stereocenters. The second-order valence-corrected chi connectivity index (χ2v) is 2.72. The van der Waals surface area contributed by atoms with Crippen LogP contribution in [0.15, 0.2) is 0 Å². The molecule has 5 heteroatoms. The highest BCUT2D eigenvalue weighted by atomic mass is 35.5. The lowest BCUT2D eigenvalue weighted by Gasteiger charge is -2.14. The molecule has 0 bridgehead atoms. The maximum atomic E-state index is 10.9. The van der Waals surface area contributed by atoms with Gasteiger partial charge in [-0.05, 0) is 0 Å². The minimum atomic E-state index is -0.328. The van der Waals surface area contributed by atoms with Crippen LogP contribution in [-0.4, -0.2) is 43.3 Å². The topological polar surface area (TPSA) is 58.6 Å². The number of aliphatic hydroxyl groups excluding tert-OH is 1. The Morgan fingerprint density at radius 1 is 1.75 bits per heavy atom. The minimum absolute atomic E-state index is 0.123. The van der Waals surface area contributed by atoms with Gasteiger partial charge in [0, 0.05) is 19.4 Å². The molecule has 0 saturated carbocycles. The summed E-state index contributed by atoms with van der Waals surface area (Å²) in [5.74, 6) is 0.123. The van der Waals surface area contributed by atoms with Crippen molar-refractivity contribution in [2.45, 2.75) is 12.5 Å². The summed E-state index contributed by atoms with van der Waals surface area (Å²) in [6, 6.07) is -0.328. The molecule has 0 aromatic rings. The van der Waals surface area contributed by atoms with Gasteiger partial charge in [-0.3, -0.25) is 4.79 Å². The zero-order valence-electron chi connectivity index (χ0n) is 7.05. The third-order valence-electron chi connectivity index (χ3n) is 1.27. The number of rotatable bonds is 6. The number of hydrogen-bond donors (Lipinski definition) is 2. The molecule has 0 heterocycles. The van der Waals surface area contributed by atoms with E-state index in [4.69, 9.17) is 21.4 Å². The Balaban J connectivity index is 3.61. The van der Waals surface area contributed by atoms with E-state index in [1.807, 2.05) is 0 Å². The van der Waals surface area contributed by atoms with Gasteiger partial charge in [-0.25, -0.2) is 0 Å². The molecule has 0 aromatic carbocycles. The maximum absolute atomic E-state index is 10.9. The van der Waals surface area contributed by atoms with Crippen LogP contribution in [-0.2, 0) is 9.53 Å². The Morgan fingerprint density at radius 3 is 2.83 bits per heavy atom. The lowest BCUT2D eigenvalue weighted by molar-refractivity contribution is -0.122. The van der Waals surface area contributed by atoms with Crippen molar-refractivity contribution in [2.24, 2.45) is 0 Å². The van der Waals surface area contributed by atoms with E-state index >= 15 is 0 Å². The lowest BCUT2D eigenvalue weighted by atomic mass is 10.3. The Kier molecular flexibility index (Phi) is 7.14. The van der Waals surface area contributed by atoms with E-state index in [-0.39, 0.29) is 30.9 Å². The van der Waals surface area contributed by atoms with Gasteiger partial charge in [-0.15, -0.1) is 11.6 Å². The molecule has 2 N–H and O–H groups in total. The summed E-state index contributed by atoms with van der Waals surface area (Å²) in [5, 5.41) is 11.3. The molecule has 1 unspecified atom stereocenters. The summed E-state index contributed by atoms with van der Waals surface area (Å²) in [6.45, 7) is 0.187. The van der Waals surface area contributed by atoms with E-state index in [0.29, 0.717) is 6.61 Å². The summed E-state index contributed by atoms with van der Waals surface area (Å²) < 4.78 is 4.77. The van der Waals surface area contributed by atoms with Crippen LogP contribution in [0.2, 0.25) is 0 Å². The Bertz CT molecular complexity index is 132. The molecule has 0 spiro atoms. The summed E-state index contributed by atoms with van der Waals surface area (Å²) in [5.41, 5.74) is 0. The fourth-order valence-electron chi connectivity index (χ4n) is 0.727. The van der Waals surface area contributed by atoms with Gasteiger partial charge < -0.3 is 15.2 Å². The van der Waals surface area contributed by atoms with E-state index in [0.717, 1.165) is 0 Å². The molecule has 12 heavy (non-hydrogen) atoms. The summed E-state index contributed by atoms with van der Waals surface area (Å²) in [7, 11) is 1.51. The van der Waals surface area contributed by atoms with Crippen LogP contribution in [0.25, 0.3) is 0 Å². The number of amides is 1. The molecule has 0 aliphatic rings. The van der Waals surface area contributed by atoms with Crippen molar-refractivity contribution in [2.75, 3.05) is 26.2 Å². The quantitative estimate of drug-likeness (QED) is 0.575. The first kappa shape index (κ1) is 11.7.